The normalized spacial score (nSPS) is 10.4. The van der Waals surface area contributed by atoms with Gasteiger partial charge in [0.25, 0.3) is 0 Å². The fraction of sp³-hybridized carbons (Fsp3) is 0.235. The topological polar surface area (TPSA) is 89.9 Å². The number of ether oxygens (including phenoxy) is 1. The average Bonchev–Trinajstić information content (AvgIpc) is 3.03. The monoisotopic (exact) mass is 355 g/mol. The van der Waals surface area contributed by atoms with Gasteiger partial charge in [-0.1, -0.05) is 30.7 Å². The summed E-state index contributed by atoms with van der Waals surface area (Å²) in [5.74, 6) is 0.151. The number of nitrogens with one attached hydrogen (secondary N) is 1. The molecular formula is C17H17N5O2S. The van der Waals surface area contributed by atoms with E-state index in [-0.39, 0.29) is 5.97 Å². The molecule has 3 rings (SSSR count). The maximum atomic E-state index is 12.0. The Morgan fingerprint density at radius 3 is 2.68 bits per heavy atom. The molecule has 7 nitrogen and oxygen atoms in total. The van der Waals surface area contributed by atoms with Crippen LogP contribution in [-0.4, -0.2) is 25.9 Å². The predicted octanol–water partition coefficient (Wildman–Crippen LogP) is 3.83. The van der Waals surface area contributed by atoms with Crippen LogP contribution in [0.3, 0.4) is 0 Å². The molecule has 0 bridgehead atoms. The number of rotatable bonds is 7. The minimum absolute atomic E-state index is 0.273. The van der Waals surface area contributed by atoms with Gasteiger partial charge in [-0.3, -0.25) is 15.1 Å². The first kappa shape index (κ1) is 17.0. The lowest BCUT2D eigenvalue weighted by Crippen LogP contribution is -2.07. The number of unbranched alkanes of at least 4 members (excludes halogenated alkanes) is 1. The Morgan fingerprint density at radius 1 is 1.16 bits per heavy atom. The maximum absolute atomic E-state index is 12.0. The molecular weight excluding hydrogens is 338 g/mol. The number of carbonyl (C=O) groups is 1. The van der Waals surface area contributed by atoms with E-state index in [2.05, 4.69) is 25.3 Å². The van der Waals surface area contributed by atoms with Crippen LogP contribution in [0.5, 0.6) is 5.06 Å². The number of hydrogen-bond donors (Lipinski definition) is 1. The predicted molar refractivity (Wildman–Crippen MR) is 95.8 cm³/mol. The number of anilines is 2. The highest BCUT2D eigenvalue weighted by atomic mass is 32.1. The second-order valence-electron chi connectivity index (χ2n) is 5.15. The minimum Gasteiger partial charge on any atom is -0.413 e. The third kappa shape index (κ3) is 4.57. The zero-order valence-electron chi connectivity index (χ0n) is 13.7. The molecule has 0 spiro atoms. The van der Waals surface area contributed by atoms with Crippen molar-refractivity contribution in [1.29, 1.82) is 0 Å². The third-order valence-electron chi connectivity index (χ3n) is 3.23. The summed E-state index contributed by atoms with van der Waals surface area (Å²) in [5, 5.41) is 3.96. The van der Waals surface area contributed by atoms with Crippen molar-refractivity contribution in [3.63, 3.8) is 0 Å². The molecule has 128 valence electrons. The molecule has 3 aromatic heterocycles. The van der Waals surface area contributed by atoms with E-state index in [9.17, 15) is 4.79 Å². The van der Waals surface area contributed by atoms with Gasteiger partial charge in [-0.05, 0) is 24.6 Å². The molecule has 1 N–H and O–H groups in total. The van der Waals surface area contributed by atoms with Crippen molar-refractivity contribution < 1.29 is 9.53 Å². The SMILES string of the molecule is CCCCC(=O)Oc1sc(Nc2ncccn2)nc1-c1ccccn1. The molecule has 3 heterocycles. The maximum Gasteiger partial charge on any atom is 0.312 e. The number of carbonyl (C=O) groups excluding carboxylic acids is 1. The van der Waals surface area contributed by atoms with E-state index >= 15 is 0 Å². The Morgan fingerprint density at radius 2 is 1.96 bits per heavy atom. The largest absolute Gasteiger partial charge is 0.413 e. The zero-order chi connectivity index (χ0) is 17.5. The molecule has 0 unspecified atom stereocenters. The van der Waals surface area contributed by atoms with Crippen LogP contribution in [0.2, 0.25) is 0 Å². The van der Waals surface area contributed by atoms with Gasteiger partial charge in [0.15, 0.2) is 5.13 Å². The summed E-state index contributed by atoms with van der Waals surface area (Å²) in [7, 11) is 0. The van der Waals surface area contributed by atoms with Gasteiger partial charge in [0, 0.05) is 25.0 Å². The van der Waals surface area contributed by atoms with E-state index in [1.807, 2.05) is 25.1 Å². The van der Waals surface area contributed by atoms with E-state index in [1.54, 1.807) is 24.7 Å². The molecule has 0 fully saturated rings. The summed E-state index contributed by atoms with van der Waals surface area (Å²) >= 11 is 1.23. The van der Waals surface area contributed by atoms with Gasteiger partial charge in [-0.15, -0.1) is 0 Å². The van der Waals surface area contributed by atoms with E-state index in [0.29, 0.717) is 34.0 Å². The highest BCUT2D eigenvalue weighted by molar-refractivity contribution is 7.18. The Kier molecular flexibility index (Phi) is 5.63. The molecule has 0 radical (unpaired) electrons. The lowest BCUT2D eigenvalue weighted by molar-refractivity contribution is -0.134. The van der Waals surface area contributed by atoms with Crippen molar-refractivity contribution in [2.24, 2.45) is 0 Å². The van der Waals surface area contributed by atoms with E-state index < -0.39 is 0 Å². The van der Waals surface area contributed by atoms with Crippen molar-refractivity contribution >= 4 is 28.4 Å². The lowest BCUT2D eigenvalue weighted by atomic mass is 10.2. The highest BCUT2D eigenvalue weighted by Crippen LogP contribution is 2.38. The van der Waals surface area contributed by atoms with Gasteiger partial charge >= 0.3 is 5.97 Å². The van der Waals surface area contributed by atoms with Crippen LogP contribution in [0, 0.1) is 0 Å². The van der Waals surface area contributed by atoms with Gasteiger partial charge < -0.3 is 4.74 Å². The summed E-state index contributed by atoms with van der Waals surface area (Å²) in [4.78, 5) is 29.0. The number of thiazole rings is 1. The van der Waals surface area contributed by atoms with Crippen molar-refractivity contribution in [2.75, 3.05) is 5.32 Å². The van der Waals surface area contributed by atoms with Crippen molar-refractivity contribution in [1.82, 2.24) is 19.9 Å². The summed E-state index contributed by atoms with van der Waals surface area (Å²) < 4.78 is 5.52. The molecule has 0 aliphatic rings. The second kappa shape index (κ2) is 8.29. The first-order chi connectivity index (χ1) is 12.3. The van der Waals surface area contributed by atoms with E-state index in [0.717, 1.165) is 12.8 Å². The fourth-order valence-electron chi connectivity index (χ4n) is 2.03. The van der Waals surface area contributed by atoms with Crippen molar-refractivity contribution in [3.8, 4) is 16.5 Å². The molecule has 0 saturated carbocycles. The standard InChI is InChI=1S/C17H17N5O2S/c1-2-3-8-13(23)24-15-14(12-7-4-5-9-18-12)21-17(25-15)22-16-19-10-6-11-20-16/h4-7,9-11H,2-3,8H2,1H3,(H,19,20,21,22). The summed E-state index contributed by atoms with van der Waals surface area (Å²) in [6.07, 6.45) is 7.04. The lowest BCUT2D eigenvalue weighted by Gasteiger charge is -2.03. The Hall–Kier alpha value is -2.87. The molecule has 0 aromatic carbocycles. The second-order valence-corrected chi connectivity index (χ2v) is 6.11. The quantitative estimate of drug-likeness (QED) is 0.644. The van der Waals surface area contributed by atoms with Crippen LogP contribution in [-0.2, 0) is 4.79 Å². The minimum atomic E-state index is -0.273. The summed E-state index contributed by atoms with van der Waals surface area (Å²) in [5.41, 5.74) is 1.16. The molecule has 0 saturated heterocycles. The van der Waals surface area contributed by atoms with Gasteiger partial charge in [0.2, 0.25) is 11.0 Å². The van der Waals surface area contributed by atoms with Crippen LogP contribution in [0.25, 0.3) is 11.4 Å². The summed E-state index contributed by atoms with van der Waals surface area (Å²) in [6, 6.07) is 7.23. The van der Waals surface area contributed by atoms with Gasteiger partial charge in [-0.25, -0.2) is 15.0 Å². The van der Waals surface area contributed by atoms with Crippen LogP contribution < -0.4 is 10.1 Å². The Labute approximate surface area is 149 Å². The van der Waals surface area contributed by atoms with Crippen molar-refractivity contribution in [2.45, 2.75) is 26.2 Å². The van der Waals surface area contributed by atoms with Crippen LogP contribution in [0.4, 0.5) is 11.1 Å². The third-order valence-corrected chi connectivity index (χ3v) is 4.08. The number of aromatic nitrogens is 4. The molecule has 0 aliphatic carbocycles. The Balaban J connectivity index is 1.87. The van der Waals surface area contributed by atoms with Crippen LogP contribution in [0.1, 0.15) is 26.2 Å². The number of hydrogen-bond acceptors (Lipinski definition) is 8. The number of esters is 1. The molecule has 0 amide bonds. The average molecular weight is 355 g/mol. The molecule has 25 heavy (non-hydrogen) atoms. The zero-order valence-corrected chi connectivity index (χ0v) is 14.5. The molecule has 0 atom stereocenters. The van der Waals surface area contributed by atoms with Gasteiger partial charge in [0.1, 0.15) is 5.69 Å². The number of nitrogens with zero attached hydrogens (tertiary/aromatic N) is 4. The Bertz CT molecular complexity index is 824. The van der Waals surface area contributed by atoms with Crippen LogP contribution in [0.15, 0.2) is 42.9 Å². The number of pyridine rings is 1. The smallest absolute Gasteiger partial charge is 0.312 e. The van der Waals surface area contributed by atoms with Crippen molar-refractivity contribution in [3.05, 3.63) is 42.9 Å². The molecule has 8 heteroatoms. The van der Waals surface area contributed by atoms with E-state index in [1.165, 1.54) is 11.3 Å². The van der Waals surface area contributed by atoms with E-state index in [4.69, 9.17) is 4.74 Å². The van der Waals surface area contributed by atoms with Gasteiger partial charge in [-0.2, -0.15) is 0 Å². The summed E-state index contributed by atoms with van der Waals surface area (Å²) in [6.45, 7) is 2.03. The molecule has 0 aliphatic heterocycles. The highest BCUT2D eigenvalue weighted by Gasteiger charge is 2.19. The van der Waals surface area contributed by atoms with Crippen LogP contribution >= 0.6 is 11.3 Å². The molecule has 3 aromatic rings. The first-order valence-electron chi connectivity index (χ1n) is 7.93. The van der Waals surface area contributed by atoms with Gasteiger partial charge in [0.05, 0.1) is 5.69 Å². The first-order valence-corrected chi connectivity index (χ1v) is 8.75. The fourth-order valence-corrected chi connectivity index (χ4v) is 2.86.